The Kier molecular flexibility index (Phi) is 3.08. The second-order valence-electron chi connectivity index (χ2n) is 3.47. The Labute approximate surface area is 92.5 Å². The van der Waals surface area contributed by atoms with Crippen molar-refractivity contribution in [3.63, 3.8) is 0 Å². The molecule has 0 aromatic carbocycles. The first-order valence-electron chi connectivity index (χ1n) is 4.69. The molecule has 14 heavy (non-hydrogen) atoms. The molecule has 0 atom stereocenters. The Bertz CT molecular complexity index is 308. The van der Waals surface area contributed by atoms with Crippen LogP contribution in [0.15, 0.2) is 17.5 Å². The Balaban J connectivity index is 2.00. The third-order valence-corrected chi connectivity index (χ3v) is 3.42. The van der Waals surface area contributed by atoms with Crippen LogP contribution in [0.25, 0.3) is 0 Å². The third-order valence-electron chi connectivity index (χ3n) is 2.33. The summed E-state index contributed by atoms with van der Waals surface area (Å²) < 4.78 is 0. The van der Waals surface area contributed by atoms with E-state index in [9.17, 15) is 4.79 Å². The van der Waals surface area contributed by atoms with E-state index in [0.29, 0.717) is 6.04 Å². The van der Waals surface area contributed by atoms with Crippen LogP contribution in [0.4, 0.5) is 0 Å². The van der Waals surface area contributed by atoms with Crippen molar-refractivity contribution in [2.45, 2.75) is 25.4 Å². The highest BCUT2D eigenvalue weighted by Crippen LogP contribution is 2.29. The number of thiophene rings is 1. The Morgan fingerprint density at radius 3 is 2.93 bits per heavy atom. The lowest BCUT2D eigenvalue weighted by atomic mass is 10.4. The van der Waals surface area contributed by atoms with E-state index in [4.69, 9.17) is 11.6 Å². The van der Waals surface area contributed by atoms with Crippen molar-refractivity contribution in [2.75, 3.05) is 5.88 Å². The monoisotopic (exact) mass is 229 g/mol. The van der Waals surface area contributed by atoms with E-state index in [2.05, 4.69) is 6.07 Å². The zero-order valence-corrected chi connectivity index (χ0v) is 9.35. The molecule has 0 spiro atoms. The van der Waals surface area contributed by atoms with Gasteiger partial charge in [0.1, 0.15) is 5.88 Å². The maximum absolute atomic E-state index is 11.5. The minimum absolute atomic E-state index is 0.0579. The van der Waals surface area contributed by atoms with Gasteiger partial charge < -0.3 is 4.90 Å². The quantitative estimate of drug-likeness (QED) is 0.727. The Morgan fingerprint density at radius 1 is 1.64 bits per heavy atom. The molecule has 1 aromatic rings. The third kappa shape index (κ3) is 2.28. The maximum atomic E-state index is 11.5. The van der Waals surface area contributed by atoms with E-state index in [1.807, 2.05) is 16.3 Å². The van der Waals surface area contributed by atoms with Crippen LogP contribution in [0.1, 0.15) is 17.7 Å². The van der Waals surface area contributed by atoms with Crippen LogP contribution < -0.4 is 0 Å². The summed E-state index contributed by atoms with van der Waals surface area (Å²) in [6.07, 6.45) is 2.27. The van der Waals surface area contributed by atoms with Gasteiger partial charge in [0, 0.05) is 10.9 Å². The molecule has 1 aromatic heterocycles. The Morgan fingerprint density at radius 2 is 2.43 bits per heavy atom. The summed E-state index contributed by atoms with van der Waals surface area (Å²) in [6, 6.07) is 4.51. The molecule has 1 aliphatic rings. The van der Waals surface area contributed by atoms with E-state index in [0.717, 1.165) is 19.4 Å². The summed E-state index contributed by atoms with van der Waals surface area (Å²) in [5.74, 6) is 0.157. The zero-order chi connectivity index (χ0) is 9.97. The molecule has 0 bridgehead atoms. The number of amides is 1. The summed E-state index contributed by atoms with van der Waals surface area (Å²) in [6.45, 7) is 0.730. The molecule has 1 heterocycles. The maximum Gasteiger partial charge on any atom is 0.238 e. The van der Waals surface area contributed by atoms with Crippen LogP contribution in [-0.2, 0) is 11.3 Å². The highest BCUT2D eigenvalue weighted by Gasteiger charge is 2.32. The van der Waals surface area contributed by atoms with Crippen LogP contribution in [-0.4, -0.2) is 22.7 Å². The van der Waals surface area contributed by atoms with Gasteiger partial charge in [-0.25, -0.2) is 0 Å². The van der Waals surface area contributed by atoms with Crippen molar-refractivity contribution in [2.24, 2.45) is 0 Å². The fourth-order valence-electron chi connectivity index (χ4n) is 1.45. The van der Waals surface area contributed by atoms with Crippen LogP contribution in [0, 0.1) is 0 Å². The van der Waals surface area contributed by atoms with Crippen molar-refractivity contribution in [1.29, 1.82) is 0 Å². The molecule has 2 nitrogen and oxygen atoms in total. The average molecular weight is 230 g/mol. The first-order chi connectivity index (χ1) is 6.81. The molecule has 1 fully saturated rings. The Hall–Kier alpha value is -0.540. The van der Waals surface area contributed by atoms with Gasteiger partial charge in [0.15, 0.2) is 0 Å². The molecule has 2 rings (SSSR count). The molecule has 0 saturated heterocycles. The van der Waals surface area contributed by atoms with E-state index in [1.54, 1.807) is 11.3 Å². The summed E-state index contributed by atoms with van der Waals surface area (Å²) in [5, 5.41) is 2.03. The van der Waals surface area contributed by atoms with Crippen LogP contribution in [0.3, 0.4) is 0 Å². The van der Waals surface area contributed by atoms with Gasteiger partial charge in [-0.15, -0.1) is 22.9 Å². The van der Waals surface area contributed by atoms with Gasteiger partial charge in [0.2, 0.25) is 5.91 Å². The van der Waals surface area contributed by atoms with Gasteiger partial charge in [-0.1, -0.05) is 6.07 Å². The van der Waals surface area contributed by atoms with Gasteiger partial charge in [-0.2, -0.15) is 0 Å². The van der Waals surface area contributed by atoms with Gasteiger partial charge in [0.05, 0.1) is 6.54 Å². The van der Waals surface area contributed by atoms with Gasteiger partial charge in [-0.05, 0) is 24.3 Å². The molecule has 1 amide bonds. The molecule has 4 heteroatoms. The first kappa shape index (κ1) is 9.99. The lowest BCUT2D eigenvalue weighted by molar-refractivity contribution is -0.129. The van der Waals surface area contributed by atoms with E-state index in [1.165, 1.54) is 4.88 Å². The predicted octanol–water partition coefficient (Wildman–Crippen LogP) is 2.48. The minimum atomic E-state index is 0.0579. The molecule has 0 unspecified atom stereocenters. The number of halogens is 1. The van der Waals surface area contributed by atoms with E-state index < -0.39 is 0 Å². The summed E-state index contributed by atoms with van der Waals surface area (Å²) in [4.78, 5) is 14.7. The standard InChI is InChI=1S/C10H12ClNOS/c11-6-10(13)12(8-3-4-8)7-9-2-1-5-14-9/h1-2,5,8H,3-4,6-7H2. The molecule has 0 N–H and O–H groups in total. The molecule has 0 radical (unpaired) electrons. The van der Waals surface area contributed by atoms with Crippen LogP contribution >= 0.6 is 22.9 Å². The van der Waals surface area contributed by atoms with Crippen LogP contribution in [0.2, 0.25) is 0 Å². The van der Waals surface area contributed by atoms with Crippen molar-refractivity contribution in [3.8, 4) is 0 Å². The summed E-state index contributed by atoms with van der Waals surface area (Å²) in [5.41, 5.74) is 0. The van der Waals surface area contributed by atoms with E-state index >= 15 is 0 Å². The van der Waals surface area contributed by atoms with Crippen molar-refractivity contribution < 1.29 is 4.79 Å². The molecular weight excluding hydrogens is 218 g/mol. The molecule has 1 aliphatic carbocycles. The number of carbonyl (C=O) groups excluding carboxylic acids is 1. The number of nitrogens with zero attached hydrogens (tertiary/aromatic N) is 1. The lowest BCUT2D eigenvalue weighted by Crippen LogP contribution is -2.33. The molecule has 1 saturated carbocycles. The largest absolute Gasteiger partial charge is 0.334 e. The van der Waals surface area contributed by atoms with Crippen molar-refractivity contribution in [3.05, 3.63) is 22.4 Å². The summed E-state index contributed by atoms with van der Waals surface area (Å²) in [7, 11) is 0. The van der Waals surface area contributed by atoms with Crippen LogP contribution in [0.5, 0.6) is 0 Å². The number of alkyl halides is 1. The van der Waals surface area contributed by atoms with Crippen molar-refractivity contribution in [1.82, 2.24) is 4.90 Å². The molecule has 76 valence electrons. The number of hydrogen-bond acceptors (Lipinski definition) is 2. The average Bonchev–Trinajstić information content (AvgIpc) is 2.92. The lowest BCUT2D eigenvalue weighted by Gasteiger charge is -2.20. The van der Waals surface area contributed by atoms with Gasteiger partial charge >= 0.3 is 0 Å². The minimum Gasteiger partial charge on any atom is -0.334 e. The SMILES string of the molecule is O=C(CCl)N(Cc1cccs1)C1CC1. The van der Waals surface area contributed by atoms with Gasteiger partial charge in [-0.3, -0.25) is 4.79 Å². The highest BCUT2D eigenvalue weighted by atomic mass is 35.5. The smallest absolute Gasteiger partial charge is 0.238 e. The topological polar surface area (TPSA) is 20.3 Å². The second-order valence-corrected chi connectivity index (χ2v) is 4.77. The first-order valence-corrected chi connectivity index (χ1v) is 6.10. The number of rotatable bonds is 4. The second kappa shape index (κ2) is 4.32. The fraction of sp³-hybridized carbons (Fsp3) is 0.500. The highest BCUT2D eigenvalue weighted by molar-refractivity contribution is 7.09. The van der Waals surface area contributed by atoms with Gasteiger partial charge in [0.25, 0.3) is 0 Å². The fourth-order valence-corrected chi connectivity index (χ4v) is 2.31. The normalized spacial score (nSPS) is 15.5. The predicted molar refractivity (Wildman–Crippen MR) is 58.6 cm³/mol. The molecular formula is C10H12ClNOS. The zero-order valence-electron chi connectivity index (χ0n) is 7.78. The number of hydrogen-bond donors (Lipinski definition) is 0. The molecule has 0 aliphatic heterocycles. The number of carbonyl (C=O) groups is 1. The van der Waals surface area contributed by atoms with E-state index in [-0.39, 0.29) is 11.8 Å². The van der Waals surface area contributed by atoms with Crippen molar-refractivity contribution >= 4 is 28.8 Å². The summed E-state index contributed by atoms with van der Waals surface area (Å²) >= 11 is 7.26.